The Hall–Kier alpha value is -0.520. The van der Waals surface area contributed by atoms with Gasteiger partial charge in [0.25, 0.3) is 0 Å². The van der Waals surface area contributed by atoms with E-state index in [9.17, 15) is 5.11 Å². The monoisotopic (exact) mass is 184 g/mol. The second-order valence-electron chi connectivity index (χ2n) is 3.09. The van der Waals surface area contributed by atoms with Gasteiger partial charge in [-0.25, -0.2) is 0 Å². The third kappa shape index (κ3) is 5.68. The van der Waals surface area contributed by atoms with Crippen LogP contribution in [-0.2, 0) is 4.74 Å². The standard InChI is InChI=1S/C11H20O2/c1-4-7-9-10(12)11(8-5-2)13-6-3/h1,10-12H,5-9H2,2-3H3. The fraction of sp³-hybridized carbons (Fsp3) is 0.818. The topological polar surface area (TPSA) is 29.5 Å². The highest BCUT2D eigenvalue weighted by Gasteiger charge is 2.17. The molecule has 2 heteroatoms. The largest absolute Gasteiger partial charge is 0.390 e. The SMILES string of the molecule is C#CCCC(O)C(CCC)OCC. The van der Waals surface area contributed by atoms with Crippen LogP contribution in [0.25, 0.3) is 0 Å². The minimum atomic E-state index is -0.407. The number of aliphatic hydroxyl groups excluding tert-OH is 1. The predicted octanol–water partition coefficient (Wildman–Crippen LogP) is 1.97. The molecule has 0 spiro atoms. The number of aliphatic hydroxyl groups is 1. The second-order valence-corrected chi connectivity index (χ2v) is 3.09. The van der Waals surface area contributed by atoms with Gasteiger partial charge in [-0.1, -0.05) is 13.3 Å². The van der Waals surface area contributed by atoms with Crippen LogP contribution in [0.2, 0.25) is 0 Å². The highest BCUT2D eigenvalue weighted by Crippen LogP contribution is 2.11. The maximum absolute atomic E-state index is 9.68. The third-order valence-electron chi connectivity index (χ3n) is 1.97. The van der Waals surface area contributed by atoms with E-state index in [0.717, 1.165) is 12.8 Å². The van der Waals surface area contributed by atoms with Crippen LogP contribution >= 0.6 is 0 Å². The molecule has 0 rings (SSSR count). The molecule has 0 bridgehead atoms. The van der Waals surface area contributed by atoms with Gasteiger partial charge in [-0.3, -0.25) is 0 Å². The Labute approximate surface area is 81.3 Å². The first-order valence-corrected chi connectivity index (χ1v) is 4.99. The quantitative estimate of drug-likeness (QED) is 0.613. The molecule has 0 fully saturated rings. The van der Waals surface area contributed by atoms with Crippen molar-refractivity contribution in [2.24, 2.45) is 0 Å². The summed E-state index contributed by atoms with van der Waals surface area (Å²) in [5, 5.41) is 9.68. The van der Waals surface area contributed by atoms with Crippen molar-refractivity contribution >= 4 is 0 Å². The molecule has 2 nitrogen and oxygen atoms in total. The first-order chi connectivity index (χ1) is 6.26. The van der Waals surface area contributed by atoms with Crippen molar-refractivity contribution < 1.29 is 9.84 Å². The highest BCUT2D eigenvalue weighted by atomic mass is 16.5. The molecule has 0 aromatic heterocycles. The van der Waals surface area contributed by atoms with Gasteiger partial charge in [0, 0.05) is 13.0 Å². The lowest BCUT2D eigenvalue weighted by Crippen LogP contribution is -2.28. The predicted molar refractivity (Wildman–Crippen MR) is 54.4 cm³/mol. The molecule has 2 atom stereocenters. The zero-order valence-corrected chi connectivity index (χ0v) is 8.62. The summed E-state index contributed by atoms with van der Waals surface area (Å²) in [6.07, 6.45) is 7.87. The van der Waals surface area contributed by atoms with E-state index in [4.69, 9.17) is 11.2 Å². The summed E-state index contributed by atoms with van der Waals surface area (Å²) in [4.78, 5) is 0. The molecule has 0 saturated heterocycles. The summed E-state index contributed by atoms with van der Waals surface area (Å²) in [5.74, 6) is 2.52. The number of hydrogen-bond donors (Lipinski definition) is 1. The van der Waals surface area contributed by atoms with E-state index in [1.54, 1.807) is 0 Å². The van der Waals surface area contributed by atoms with Crippen molar-refractivity contribution in [3.8, 4) is 12.3 Å². The van der Waals surface area contributed by atoms with Crippen molar-refractivity contribution in [1.29, 1.82) is 0 Å². The number of hydrogen-bond acceptors (Lipinski definition) is 2. The molecule has 76 valence electrons. The molecule has 0 heterocycles. The summed E-state index contributed by atoms with van der Waals surface area (Å²) >= 11 is 0. The summed E-state index contributed by atoms with van der Waals surface area (Å²) in [6, 6.07) is 0. The average Bonchev–Trinajstić information content (AvgIpc) is 2.14. The van der Waals surface area contributed by atoms with E-state index in [2.05, 4.69) is 12.8 Å². The lowest BCUT2D eigenvalue weighted by atomic mass is 10.0. The minimum absolute atomic E-state index is 0.0386. The second kappa shape index (κ2) is 8.10. The van der Waals surface area contributed by atoms with Gasteiger partial charge in [0.2, 0.25) is 0 Å². The minimum Gasteiger partial charge on any atom is -0.390 e. The van der Waals surface area contributed by atoms with E-state index >= 15 is 0 Å². The number of ether oxygens (including phenoxy) is 1. The van der Waals surface area contributed by atoms with Crippen LogP contribution in [0.15, 0.2) is 0 Å². The summed E-state index contributed by atoms with van der Waals surface area (Å²) in [5.41, 5.74) is 0. The molecule has 0 aromatic rings. The summed E-state index contributed by atoms with van der Waals surface area (Å²) < 4.78 is 5.42. The Balaban J connectivity index is 3.80. The Morgan fingerprint density at radius 2 is 2.08 bits per heavy atom. The first kappa shape index (κ1) is 12.5. The average molecular weight is 184 g/mol. The zero-order chi connectivity index (χ0) is 10.1. The van der Waals surface area contributed by atoms with Crippen molar-refractivity contribution in [3.05, 3.63) is 0 Å². The van der Waals surface area contributed by atoms with E-state index in [-0.39, 0.29) is 6.10 Å². The number of rotatable bonds is 7. The lowest BCUT2D eigenvalue weighted by Gasteiger charge is -2.21. The Morgan fingerprint density at radius 3 is 2.54 bits per heavy atom. The summed E-state index contributed by atoms with van der Waals surface area (Å²) in [7, 11) is 0. The molecule has 0 amide bonds. The molecule has 13 heavy (non-hydrogen) atoms. The highest BCUT2D eigenvalue weighted by molar-refractivity contribution is 4.85. The Kier molecular flexibility index (Phi) is 7.77. The third-order valence-corrected chi connectivity index (χ3v) is 1.97. The van der Waals surface area contributed by atoms with Gasteiger partial charge in [0.05, 0.1) is 12.2 Å². The van der Waals surface area contributed by atoms with Crippen LogP contribution in [0.1, 0.15) is 39.5 Å². The Bertz CT molecular complexity index is 143. The van der Waals surface area contributed by atoms with Crippen LogP contribution in [0.4, 0.5) is 0 Å². The number of terminal acetylenes is 1. The van der Waals surface area contributed by atoms with Crippen molar-refractivity contribution in [3.63, 3.8) is 0 Å². The van der Waals surface area contributed by atoms with Crippen molar-refractivity contribution in [1.82, 2.24) is 0 Å². The van der Waals surface area contributed by atoms with Gasteiger partial charge in [0.1, 0.15) is 0 Å². The summed E-state index contributed by atoms with van der Waals surface area (Å²) in [6.45, 7) is 4.67. The zero-order valence-electron chi connectivity index (χ0n) is 8.62. The van der Waals surface area contributed by atoms with Crippen LogP contribution in [0.5, 0.6) is 0 Å². The molecular formula is C11H20O2. The van der Waals surface area contributed by atoms with E-state index in [0.29, 0.717) is 19.4 Å². The van der Waals surface area contributed by atoms with Gasteiger partial charge >= 0.3 is 0 Å². The van der Waals surface area contributed by atoms with E-state index in [1.165, 1.54) is 0 Å². The van der Waals surface area contributed by atoms with Crippen molar-refractivity contribution in [2.45, 2.75) is 51.7 Å². The first-order valence-electron chi connectivity index (χ1n) is 4.99. The van der Waals surface area contributed by atoms with Crippen LogP contribution in [0, 0.1) is 12.3 Å². The molecule has 0 aliphatic rings. The molecule has 0 aliphatic heterocycles. The van der Waals surface area contributed by atoms with E-state index in [1.807, 2.05) is 6.92 Å². The van der Waals surface area contributed by atoms with Gasteiger partial charge in [-0.05, 0) is 19.8 Å². The normalized spacial score (nSPS) is 14.9. The van der Waals surface area contributed by atoms with Crippen LogP contribution in [0.3, 0.4) is 0 Å². The van der Waals surface area contributed by atoms with Gasteiger partial charge in [-0.15, -0.1) is 12.3 Å². The molecule has 0 aliphatic carbocycles. The molecule has 0 aromatic carbocycles. The molecular weight excluding hydrogens is 164 g/mol. The fourth-order valence-corrected chi connectivity index (χ4v) is 1.30. The van der Waals surface area contributed by atoms with Gasteiger partial charge in [0.15, 0.2) is 0 Å². The molecule has 1 N–H and O–H groups in total. The van der Waals surface area contributed by atoms with Gasteiger partial charge in [-0.2, -0.15) is 0 Å². The van der Waals surface area contributed by atoms with Gasteiger partial charge < -0.3 is 9.84 Å². The molecule has 0 radical (unpaired) electrons. The van der Waals surface area contributed by atoms with Crippen LogP contribution in [-0.4, -0.2) is 23.9 Å². The Morgan fingerprint density at radius 1 is 1.38 bits per heavy atom. The maximum atomic E-state index is 9.68. The van der Waals surface area contributed by atoms with Crippen LogP contribution < -0.4 is 0 Å². The van der Waals surface area contributed by atoms with E-state index < -0.39 is 6.10 Å². The lowest BCUT2D eigenvalue weighted by molar-refractivity contribution is -0.0393. The maximum Gasteiger partial charge on any atom is 0.0834 e. The molecule has 2 unspecified atom stereocenters. The fourth-order valence-electron chi connectivity index (χ4n) is 1.30. The molecule has 0 saturated carbocycles. The smallest absolute Gasteiger partial charge is 0.0834 e. The van der Waals surface area contributed by atoms with Crippen molar-refractivity contribution in [2.75, 3.05) is 6.61 Å².